The fourth-order valence-electron chi connectivity index (χ4n) is 3.00. The Kier molecular flexibility index (Phi) is 6.97. The fourth-order valence-corrected chi connectivity index (χ4v) is 4.11. The highest BCUT2D eigenvalue weighted by Crippen LogP contribution is 2.32. The Morgan fingerprint density at radius 2 is 1.78 bits per heavy atom. The van der Waals surface area contributed by atoms with Crippen LogP contribution in [0, 0.1) is 6.92 Å². The topological polar surface area (TPSA) is 59.9 Å². The number of aryl methyl sites for hydroxylation is 1. The van der Waals surface area contributed by atoms with Gasteiger partial charge in [0, 0.05) is 4.47 Å². The van der Waals surface area contributed by atoms with Crippen molar-refractivity contribution in [3.8, 4) is 11.5 Å². The van der Waals surface area contributed by atoms with Crippen molar-refractivity contribution in [2.45, 2.75) is 13.5 Å². The summed E-state index contributed by atoms with van der Waals surface area (Å²) < 4.78 is 12.5. The minimum atomic E-state index is -0.171. The van der Waals surface area contributed by atoms with Crippen LogP contribution in [0.5, 0.6) is 11.5 Å². The number of carbonyl (C=O) groups excluding carboxylic acids is 1. The van der Waals surface area contributed by atoms with Crippen molar-refractivity contribution in [2.75, 3.05) is 7.11 Å². The lowest BCUT2D eigenvalue weighted by molar-refractivity contribution is -0.115. The van der Waals surface area contributed by atoms with E-state index in [9.17, 15) is 4.79 Å². The van der Waals surface area contributed by atoms with Crippen molar-refractivity contribution < 1.29 is 14.3 Å². The molecule has 0 radical (unpaired) electrons. The number of benzene rings is 3. The molecule has 5 nitrogen and oxygen atoms in total. The van der Waals surface area contributed by atoms with Gasteiger partial charge in [0.15, 0.2) is 16.7 Å². The smallest absolute Gasteiger partial charge is 0.264 e. The molecule has 3 aromatic carbocycles. The van der Waals surface area contributed by atoms with Crippen molar-refractivity contribution in [3.63, 3.8) is 0 Å². The Morgan fingerprint density at radius 1 is 1.03 bits per heavy atom. The Labute approximate surface area is 199 Å². The highest BCUT2D eigenvalue weighted by Gasteiger charge is 2.24. The van der Waals surface area contributed by atoms with Crippen molar-refractivity contribution in [3.05, 3.63) is 92.8 Å². The third-order valence-corrected chi connectivity index (χ3v) is 6.15. The summed E-state index contributed by atoms with van der Waals surface area (Å²) in [5.74, 6) is 1.08. The minimum absolute atomic E-state index is 0.171. The summed E-state index contributed by atoms with van der Waals surface area (Å²) in [6.45, 7) is 2.45. The molecular weight excluding hydrogens is 488 g/mol. The number of aliphatic imine (C=N–C) groups is 1. The number of nitrogens with one attached hydrogen (secondary N) is 1. The predicted molar refractivity (Wildman–Crippen MR) is 133 cm³/mol. The van der Waals surface area contributed by atoms with Crippen molar-refractivity contribution in [1.82, 2.24) is 5.32 Å². The highest BCUT2D eigenvalue weighted by molar-refractivity contribution is 9.10. The number of nitrogens with zero attached hydrogens (tertiary/aromatic N) is 1. The number of rotatable bonds is 6. The van der Waals surface area contributed by atoms with E-state index in [4.69, 9.17) is 9.47 Å². The molecule has 1 saturated heterocycles. The van der Waals surface area contributed by atoms with Crippen LogP contribution in [0.1, 0.15) is 16.7 Å². The predicted octanol–water partition coefficient (Wildman–Crippen LogP) is 6.24. The van der Waals surface area contributed by atoms with Gasteiger partial charge in [-0.1, -0.05) is 51.8 Å². The molecule has 1 fully saturated rings. The zero-order chi connectivity index (χ0) is 22.5. The second-order valence-corrected chi connectivity index (χ2v) is 9.09. The number of amidine groups is 1. The zero-order valence-electron chi connectivity index (χ0n) is 17.6. The largest absolute Gasteiger partial charge is 0.493 e. The van der Waals surface area contributed by atoms with Crippen LogP contribution in [0.25, 0.3) is 6.08 Å². The number of hydrogen-bond acceptors (Lipinski definition) is 5. The number of methoxy groups -OCH3 is 1. The van der Waals surface area contributed by atoms with Gasteiger partial charge in [0.05, 0.1) is 17.7 Å². The lowest BCUT2D eigenvalue weighted by atomic mass is 10.2. The molecule has 0 bridgehead atoms. The summed E-state index contributed by atoms with van der Waals surface area (Å²) in [7, 11) is 1.60. The summed E-state index contributed by atoms with van der Waals surface area (Å²) in [4.78, 5) is 17.5. The molecule has 7 heteroatoms. The zero-order valence-corrected chi connectivity index (χ0v) is 20.0. The molecule has 0 aliphatic carbocycles. The second-order valence-electron chi connectivity index (χ2n) is 7.14. The highest BCUT2D eigenvalue weighted by atomic mass is 79.9. The molecule has 0 atom stereocenters. The van der Waals surface area contributed by atoms with Gasteiger partial charge in [-0.2, -0.15) is 0 Å². The second kappa shape index (κ2) is 10.1. The van der Waals surface area contributed by atoms with E-state index < -0.39 is 0 Å². The number of ether oxygens (including phenoxy) is 2. The van der Waals surface area contributed by atoms with Crippen LogP contribution >= 0.6 is 27.7 Å². The molecule has 0 unspecified atom stereocenters. The van der Waals surface area contributed by atoms with E-state index >= 15 is 0 Å². The lowest BCUT2D eigenvalue weighted by Crippen LogP contribution is -2.19. The average molecular weight is 509 g/mol. The van der Waals surface area contributed by atoms with Gasteiger partial charge < -0.3 is 14.8 Å². The van der Waals surface area contributed by atoms with E-state index in [0.717, 1.165) is 26.9 Å². The first kappa shape index (κ1) is 22.2. The van der Waals surface area contributed by atoms with Crippen LogP contribution in [-0.2, 0) is 11.4 Å². The third-order valence-electron chi connectivity index (χ3n) is 4.71. The summed E-state index contributed by atoms with van der Waals surface area (Å²) >= 11 is 4.74. The Hall–Kier alpha value is -3.03. The molecule has 1 aliphatic rings. The van der Waals surface area contributed by atoms with Gasteiger partial charge in [-0.25, -0.2) is 4.99 Å². The van der Waals surface area contributed by atoms with Crippen LogP contribution in [0.4, 0.5) is 5.69 Å². The quantitative estimate of drug-likeness (QED) is 0.400. The Bertz CT molecular complexity index is 1190. The van der Waals surface area contributed by atoms with Crippen LogP contribution < -0.4 is 14.8 Å². The number of thioether (sulfide) groups is 1. The third kappa shape index (κ3) is 5.60. The summed E-state index contributed by atoms with van der Waals surface area (Å²) in [5, 5.41) is 3.38. The minimum Gasteiger partial charge on any atom is -0.493 e. The molecule has 1 aliphatic heterocycles. The maximum absolute atomic E-state index is 12.4. The van der Waals surface area contributed by atoms with Crippen molar-refractivity contribution in [1.29, 1.82) is 0 Å². The van der Waals surface area contributed by atoms with Crippen LogP contribution in [0.15, 0.2) is 81.1 Å². The van der Waals surface area contributed by atoms with E-state index in [1.807, 2.05) is 79.7 Å². The number of amides is 1. The van der Waals surface area contributed by atoms with E-state index in [0.29, 0.717) is 28.2 Å². The molecule has 1 amide bonds. The normalized spacial score (nSPS) is 15.8. The number of carbonyl (C=O) groups is 1. The molecule has 3 aromatic rings. The van der Waals surface area contributed by atoms with Crippen LogP contribution in [0.3, 0.4) is 0 Å². The lowest BCUT2D eigenvalue weighted by Gasteiger charge is -2.11. The van der Waals surface area contributed by atoms with Gasteiger partial charge >= 0.3 is 0 Å². The molecule has 1 N–H and O–H groups in total. The maximum atomic E-state index is 12.4. The van der Waals surface area contributed by atoms with Gasteiger partial charge in [-0.3, -0.25) is 4.79 Å². The summed E-state index contributed by atoms with van der Waals surface area (Å²) in [6.07, 6.45) is 1.82. The Balaban J connectivity index is 1.47. The first-order valence-electron chi connectivity index (χ1n) is 9.92. The average Bonchev–Trinajstić information content (AvgIpc) is 3.13. The fraction of sp³-hybridized carbons (Fsp3) is 0.120. The molecule has 162 valence electrons. The molecular formula is C25H21BrN2O3S. The Morgan fingerprint density at radius 3 is 2.50 bits per heavy atom. The van der Waals surface area contributed by atoms with Gasteiger partial charge in [0.2, 0.25) is 0 Å². The molecule has 4 rings (SSSR count). The van der Waals surface area contributed by atoms with Crippen LogP contribution in [0.2, 0.25) is 0 Å². The summed E-state index contributed by atoms with van der Waals surface area (Å²) in [5.41, 5.74) is 3.86. The molecule has 0 aromatic heterocycles. The van der Waals surface area contributed by atoms with Gasteiger partial charge in [-0.15, -0.1) is 0 Å². The standard InChI is InChI=1S/C25H21BrN2O3S/c1-16-3-10-20(11-4-16)27-25-28-24(29)23(32-25)14-18-7-12-21(22(13-18)30-2)31-15-17-5-8-19(26)9-6-17/h3-14H,15H2,1-2H3,(H,27,28,29)/b23-14-. The number of halogens is 1. The van der Waals surface area contributed by atoms with Crippen molar-refractivity contribution >= 4 is 50.5 Å². The maximum Gasteiger partial charge on any atom is 0.264 e. The van der Waals surface area contributed by atoms with E-state index in [1.165, 1.54) is 11.8 Å². The SMILES string of the molecule is COc1cc(/C=C2\SC(=Nc3ccc(C)cc3)NC2=O)ccc1OCc1ccc(Br)cc1. The summed E-state index contributed by atoms with van der Waals surface area (Å²) in [6, 6.07) is 21.4. The van der Waals surface area contributed by atoms with Gasteiger partial charge in [-0.05, 0) is 72.3 Å². The van der Waals surface area contributed by atoms with Gasteiger partial charge in [0.25, 0.3) is 5.91 Å². The van der Waals surface area contributed by atoms with E-state index in [2.05, 4.69) is 26.2 Å². The monoisotopic (exact) mass is 508 g/mol. The van der Waals surface area contributed by atoms with Gasteiger partial charge in [0.1, 0.15) is 6.61 Å². The molecule has 0 saturated carbocycles. The number of hydrogen-bond donors (Lipinski definition) is 1. The van der Waals surface area contributed by atoms with E-state index in [-0.39, 0.29) is 5.91 Å². The molecule has 32 heavy (non-hydrogen) atoms. The van der Waals surface area contributed by atoms with Crippen LogP contribution in [-0.4, -0.2) is 18.2 Å². The van der Waals surface area contributed by atoms with E-state index in [1.54, 1.807) is 7.11 Å². The van der Waals surface area contributed by atoms with Crippen molar-refractivity contribution in [2.24, 2.45) is 4.99 Å². The molecule has 0 spiro atoms. The first-order valence-corrected chi connectivity index (χ1v) is 11.5. The first-order chi connectivity index (χ1) is 15.5. The molecule has 1 heterocycles.